The Morgan fingerprint density at radius 2 is 1.80 bits per heavy atom. The van der Waals surface area contributed by atoms with Crippen molar-refractivity contribution < 1.29 is 42.0 Å². The van der Waals surface area contributed by atoms with E-state index in [4.69, 9.17) is 9.47 Å². The van der Waals surface area contributed by atoms with Gasteiger partial charge in [-0.25, -0.2) is 24.3 Å². The van der Waals surface area contributed by atoms with Crippen LogP contribution >= 0.6 is 0 Å². The molecule has 212 valence electrons. The monoisotopic (exact) mass is 560 g/mol. The highest BCUT2D eigenvalue weighted by Gasteiger charge is 2.43. The van der Waals surface area contributed by atoms with Crippen molar-refractivity contribution in [3.63, 3.8) is 0 Å². The summed E-state index contributed by atoms with van der Waals surface area (Å²) in [6.45, 7) is 3.44. The molecule has 0 aliphatic carbocycles. The number of alkyl halides is 3. The third kappa shape index (κ3) is 7.46. The van der Waals surface area contributed by atoms with E-state index in [1.165, 1.54) is 0 Å². The summed E-state index contributed by atoms with van der Waals surface area (Å²) in [5.41, 5.74) is 2.09. The lowest BCUT2D eigenvalue weighted by Crippen LogP contribution is -2.27. The van der Waals surface area contributed by atoms with Crippen molar-refractivity contribution in [3.8, 4) is 11.5 Å². The number of imidazole rings is 1. The minimum atomic E-state index is -5.29. The molecule has 0 fully saturated rings. The van der Waals surface area contributed by atoms with E-state index in [9.17, 15) is 22.8 Å². The minimum Gasteiger partial charge on any atom is -0.494 e. The number of hydrogen-bond donors (Lipinski definition) is 3. The van der Waals surface area contributed by atoms with Crippen LogP contribution in [0.15, 0.2) is 61.1 Å². The van der Waals surface area contributed by atoms with E-state index in [2.05, 4.69) is 30.0 Å². The lowest BCUT2D eigenvalue weighted by molar-refractivity contribution is -0.285. The van der Waals surface area contributed by atoms with Crippen LogP contribution in [-0.4, -0.2) is 52.8 Å². The number of aromatic nitrogens is 3. The largest absolute Gasteiger partial charge is 0.495 e. The van der Waals surface area contributed by atoms with Gasteiger partial charge in [0, 0.05) is 48.0 Å². The number of halogens is 3. The fourth-order valence-electron chi connectivity index (χ4n) is 4.04. The van der Waals surface area contributed by atoms with E-state index in [0.717, 1.165) is 17.3 Å². The van der Waals surface area contributed by atoms with Crippen molar-refractivity contribution in [3.05, 3.63) is 72.2 Å². The van der Waals surface area contributed by atoms with Gasteiger partial charge in [0.2, 0.25) is 0 Å². The van der Waals surface area contributed by atoms with Crippen LogP contribution < -0.4 is 14.8 Å². The molecule has 0 aliphatic heterocycles. The molecule has 40 heavy (non-hydrogen) atoms. The number of ether oxygens (including phenoxy) is 2. The molecule has 0 spiro atoms. The van der Waals surface area contributed by atoms with Gasteiger partial charge in [0.1, 0.15) is 11.5 Å². The summed E-state index contributed by atoms with van der Waals surface area (Å²) < 4.78 is 48.6. The molecule has 2 aromatic heterocycles. The Hall–Kier alpha value is -4.68. The van der Waals surface area contributed by atoms with Gasteiger partial charge in [0.05, 0.1) is 19.6 Å². The molecule has 4 rings (SSSR count). The minimum absolute atomic E-state index is 0.396. The molecule has 3 N–H and O–H groups in total. The molecule has 10 nitrogen and oxygen atoms in total. The van der Waals surface area contributed by atoms with Crippen LogP contribution in [-0.2, 0) is 19.4 Å². The van der Waals surface area contributed by atoms with Crippen LogP contribution in [0.4, 0.5) is 19.1 Å². The van der Waals surface area contributed by atoms with Crippen molar-refractivity contribution in [2.24, 2.45) is 0 Å². The molecule has 13 heteroatoms. The number of carbonyl (C=O) groups excluding carboxylic acids is 2. The average Bonchev–Trinajstić information content (AvgIpc) is 3.60. The molecule has 4 aromatic rings. The molecule has 2 heterocycles. The van der Waals surface area contributed by atoms with E-state index in [1.807, 2.05) is 19.1 Å². The van der Waals surface area contributed by atoms with Crippen LogP contribution in [0.25, 0.3) is 10.9 Å². The zero-order chi connectivity index (χ0) is 28.5. The van der Waals surface area contributed by atoms with Gasteiger partial charge in [-0.1, -0.05) is 12.1 Å². The summed E-state index contributed by atoms with van der Waals surface area (Å²) >= 11 is 0. The summed E-state index contributed by atoms with van der Waals surface area (Å²) in [6, 6.07) is 12.4. The predicted molar refractivity (Wildman–Crippen MR) is 138 cm³/mol. The highest BCUT2D eigenvalue weighted by atomic mass is 19.4. The quantitative estimate of drug-likeness (QED) is 0.122. The maximum absolute atomic E-state index is 12.4. The zero-order valence-electron chi connectivity index (χ0n) is 21.4. The number of rotatable bonds is 12. The maximum atomic E-state index is 12.4. The van der Waals surface area contributed by atoms with Crippen molar-refractivity contribution in [1.29, 1.82) is 0 Å². The molecule has 1 unspecified atom stereocenters. The predicted octanol–water partition coefficient (Wildman–Crippen LogP) is 5.26. The second-order valence-electron chi connectivity index (χ2n) is 8.60. The first-order chi connectivity index (χ1) is 19.2. The van der Waals surface area contributed by atoms with Crippen molar-refractivity contribution in [1.82, 2.24) is 15.0 Å². The molecule has 2 aromatic carbocycles. The Kier molecular flexibility index (Phi) is 9.15. The lowest BCUT2D eigenvalue weighted by atomic mass is 9.88. The summed E-state index contributed by atoms with van der Waals surface area (Å²) in [6.07, 6.45) is 0.136. The molecular formula is C27H27F3N4O6. The van der Waals surface area contributed by atoms with Crippen molar-refractivity contribution in [2.75, 3.05) is 25.1 Å². The molecule has 0 amide bonds. The Morgan fingerprint density at radius 1 is 1.02 bits per heavy atom. The molecule has 1 atom stereocenters. The fourth-order valence-corrected chi connectivity index (χ4v) is 4.04. The molecule has 0 saturated heterocycles. The van der Waals surface area contributed by atoms with E-state index in [-0.39, 0.29) is 0 Å². The van der Waals surface area contributed by atoms with Crippen LogP contribution in [0.5, 0.6) is 11.5 Å². The highest BCUT2D eigenvalue weighted by Crippen LogP contribution is 2.36. The molecule has 0 bridgehead atoms. The van der Waals surface area contributed by atoms with Gasteiger partial charge in [0.15, 0.2) is 5.95 Å². The average molecular weight is 561 g/mol. The van der Waals surface area contributed by atoms with E-state index in [0.29, 0.717) is 48.3 Å². The first kappa shape index (κ1) is 28.3. The standard InChI is InChI=1S/C27H27F3N4O6/c1-2-37-18-6-4-17(5-7-18)21(15-24(35)39-40-25(36)27(28,29)30)22-16-34-23-14-19(8-9-20(22)23)38-13-3-10-31-26-32-11-12-33-26/h4-9,11-12,14,16,21,34H,2-3,10,13,15H2,1H3,(H2,31,32,33). The Labute approximate surface area is 226 Å². The van der Waals surface area contributed by atoms with Crippen LogP contribution in [0.1, 0.15) is 36.8 Å². The van der Waals surface area contributed by atoms with E-state index in [1.54, 1.807) is 48.9 Å². The number of carbonyl (C=O) groups is 2. The van der Waals surface area contributed by atoms with Crippen molar-refractivity contribution >= 4 is 28.8 Å². The van der Waals surface area contributed by atoms with Gasteiger partial charge in [-0.05, 0) is 48.7 Å². The number of nitrogens with zero attached hydrogens (tertiary/aromatic N) is 1. The number of H-pyrrole nitrogens is 2. The van der Waals surface area contributed by atoms with E-state index >= 15 is 0 Å². The Morgan fingerprint density at radius 3 is 2.50 bits per heavy atom. The topological polar surface area (TPSA) is 128 Å². The van der Waals surface area contributed by atoms with E-state index < -0.39 is 30.5 Å². The highest BCUT2D eigenvalue weighted by molar-refractivity contribution is 5.86. The lowest BCUT2D eigenvalue weighted by Gasteiger charge is -2.17. The Bertz CT molecular complexity index is 1400. The van der Waals surface area contributed by atoms with Gasteiger partial charge >= 0.3 is 18.1 Å². The number of nitrogens with one attached hydrogen (secondary N) is 3. The third-order valence-electron chi connectivity index (χ3n) is 5.85. The molecule has 0 radical (unpaired) electrons. The number of benzene rings is 2. The Balaban J connectivity index is 1.47. The third-order valence-corrected chi connectivity index (χ3v) is 5.85. The summed E-state index contributed by atoms with van der Waals surface area (Å²) in [4.78, 5) is 41.5. The molecular weight excluding hydrogens is 533 g/mol. The number of fused-ring (bicyclic) bond motifs is 1. The fraction of sp³-hybridized carbons (Fsp3) is 0.296. The summed E-state index contributed by atoms with van der Waals surface area (Å²) in [7, 11) is 0. The van der Waals surface area contributed by atoms with Gasteiger partial charge in [-0.15, -0.1) is 0 Å². The molecule has 0 saturated carbocycles. The van der Waals surface area contributed by atoms with Crippen LogP contribution in [0.3, 0.4) is 0 Å². The second-order valence-corrected chi connectivity index (χ2v) is 8.60. The van der Waals surface area contributed by atoms with Crippen molar-refractivity contribution in [2.45, 2.75) is 31.9 Å². The number of anilines is 1. The number of aromatic amines is 2. The zero-order valence-corrected chi connectivity index (χ0v) is 21.4. The SMILES string of the molecule is CCOc1ccc(C(CC(=O)OOC(=O)C(F)(F)F)c2c[nH]c3cc(OCCCNc4ncc[nH]4)ccc23)cc1. The van der Waals surface area contributed by atoms with Gasteiger partial charge in [0.25, 0.3) is 0 Å². The molecule has 0 aliphatic rings. The first-order valence-electron chi connectivity index (χ1n) is 12.4. The van der Waals surface area contributed by atoms with Gasteiger partial charge in [-0.3, -0.25) is 0 Å². The normalized spacial score (nSPS) is 12.1. The van der Waals surface area contributed by atoms with Gasteiger partial charge < -0.3 is 24.8 Å². The van der Waals surface area contributed by atoms with Gasteiger partial charge in [-0.2, -0.15) is 13.2 Å². The first-order valence-corrected chi connectivity index (χ1v) is 12.4. The smallest absolute Gasteiger partial charge is 0.494 e. The van der Waals surface area contributed by atoms with Crippen LogP contribution in [0, 0.1) is 0 Å². The summed E-state index contributed by atoms with van der Waals surface area (Å²) in [5, 5.41) is 3.91. The van der Waals surface area contributed by atoms with Crippen LogP contribution in [0.2, 0.25) is 0 Å². The number of hydrogen-bond acceptors (Lipinski definition) is 8. The second kappa shape index (κ2) is 12.9. The maximum Gasteiger partial charge on any atom is 0.495 e. The summed E-state index contributed by atoms with van der Waals surface area (Å²) in [5.74, 6) is -2.46.